The summed E-state index contributed by atoms with van der Waals surface area (Å²) >= 11 is 6.24. The Kier molecular flexibility index (Phi) is 18.1. The molecule has 2 aliphatic heterocycles. The van der Waals surface area contributed by atoms with E-state index in [0.717, 1.165) is 41.2 Å². The van der Waals surface area contributed by atoms with E-state index in [0.29, 0.717) is 61.2 Å². The van der Waals surface area contributed by atoms with Gasteiger partial charge in [0.2, 0.25) is 11.8 Å². The van der Waals surface area contributed by atoms with Gasteiger partial charge in [-0.25, -0.2) is 0 Å². The van der Waals surface area contributed by atoms with Crippen molar-refractivity contribution in [3.8, 4) is 11.5 Å². The lowest BCUT2D eigenvalue weighted by atomic mass is 9.79. The van der Waals surface area contributed by atoms with Gasteiger partial charge in [-0.3, -0.25) is 19.2 Å². The van der Waals surface area contributed by atoms with E-state index < -0.39 is 29.4 Å². The van der Waals surface area contributed by atoms with Gasteiger partial charge >= 0.3 is 0 Å². The van der Waals surface area contributed by atoms with Crippen molar-refractivity contribution in [2.45, 2.75) is 91.6 Å². The maximum absolute atomic E-state index is 14.8. The molecule has 15 nitrogen and oxygen atoms in total. The molecule has 2 aliphatic rings. The number of amides is 4. The van der Waals surface area contributed by atoms with E-state index in [-0.39, 0.29) is 67.3 Å². The summed E-state index contributed by atoms with van der Waals surface area (Å²) in [5, 5.41) is 10.6. The smallest absolute Gasteiger partial charge is 0.271 e. The molecular weight excluding hydrogens is 888 g/mol. The largest absolute Gasteiger partial charge is 0.493 e. The number of carbonyl (C=O) groups is 5. The lowest BCUT2D eigenvalue weighted by molar-refractivity contribution is -0.138. The number of ether oxygens (including phenoxy) is 4. The second-order valence-electron chi connectivity index (χ2n) is 18.9. The normalized spacial score (nSPS) is 17.9. The van der Waals surface area contributed by atoms with Crippen LogP contribution in [-0.4, -0.2) is 115 Å². The molecule has 0 radical (unpaired) electrons. The number of aromatic nitrogens is 1. The summed E-state index contributed by atoms with van der Waals surface area (Å²) < 4.78 is 23.4. The molecule has 68 heavy (non-hydrogen) atoms. The number of hydrogen-bond acceptors (Lipinski definition) is 10. The highest BCUT2D eigenvalue weighted by molar-refractivity contribution is 6.31. The predicted molar refractivity (Wildman–Crippen MR) is 261 cm³/mol. The third-order valence-electron chi connectivity index (χ3n) is 12.1. The minimum absolute atomic E-state index is 0.0227. The number of nitrogens with one attached hydrogen (secondary N) is 4. The average molecular weight is 956 g/mol. The van der Waals surface area contributed by atoms with E-state index in [1.165, 1.54) is 7.11 Å². The Morgan fingerprint density at radius 3 is 2.38 bits per heavy atom. The summed E-state index contributed by atoms with van der Waals surface area (Å²) in [6.45, 7) is 13.8. The molecule has 4 unspecified atom stereocenters. The monoisotopic (exact) mass is 954 g/mol. The molecule has 2 saturated heterocycles. The third-order valence-corrected chi connectivity index (χ3v) is 12.4. The number of benzene rings is 3. The zero-order valence-corrected chi connectivity index (χ0v) is 41.1. The van der Waals surface area contributed by atoms with Gasteiger partial charge in [-0.15, -0.1) is 0 Å². The van der Waals surface area contributed by atoms with Gasteiger partial charge in [0, 0.05) is 67.0 Å². The lowest BCUT2D eigenvalue weighted by Gasteiger charge is -2.39. The van der Waals surface area contributed by atoms with Crippen molar-refractivity contribution < 1.29 is 42.9 Å². The summed E-state index contributed by atoms with van der Waals surface area (Å²) in [4.78, 5) is 75.4. The second-order valence-corrected chi connectivity index (χ2v) is 19.3. The first-order valence-corrected chi connectivity index (χ1v) is 23.9. The van der Waals surface area contributed by atoms with Crippen LogP contribution in [0.25, 0.3) is 10.9 Å². The molecule has 1 aromatic heterocycles. The van der Waals surface area contributed by atoms with Crippen LogP contribution in [0.2, 0.25) is 5.02 Å². The number of likely N-dealkylation sites (tertiary alicyclic amines) is 2. The van der Waals surface area contributed by atoms with Gasteiger partial charge in [0.25, 0.3) is 11.8 Å². The zero-order chi connectivity index (χ0) is 49.0. The first kappa shape index (κ1) is 51.5. The molecule has 0 aliphatic carbocycles. The standard InChI is InChI=1S/C52H67ClN6O9/c1-33(2)67-45-19-16-36(22-46(45)65-7)51(64)59-28-38-27-58(47(61)23-37-25-56-44-24-39(53)17-18-41(37)44)30-43(42(38)29-59)49(62)57-48(34(3)66-32-35-14-10-8-11-15-35)50(63)55-21-13-9-12-20-54-26-40(31-60)68-52(4,5)6/h8,10-11,14-19,22,24-25,31,33,38,40,42-43,54,56H,9,12-13,20-21,23,26-30,32H2,1-7H3,(H,55,63)(H,57,62)/b48-34+. The van der Waals surface area contributed by atoms with Gasteiger partial charge in [-0.1, -0.05) is 54.4 Å². The van der Waals surface area contributed by atoms with E-state index in [4.69, 9.17) is 30.5 Å². The first-order valence-electron chi connectivity index (χ1n) is 23.5. The highest BCUT2D eigenvalue weighted by atomic mass is 35.5. The van der Waals surface area contributed by atoms with Crippen LogP contribution in [0.1, 0.15) is 82.3 Å². The van der Waals surface area contributed by atoms with Crippen molar-refractivity contribution in [2.24, 2.45) is 17.8 Å². The number of unbranched alkanes of at least 4 members (excludes halogenated alkanes) is 2. The zero-order valence-electron chi connectivity index (χ0n) is 40.3. The van der Waals surface area contributed by atoms with E-state index >= 15 is 0 Å². The van der Waals surface area contributed by atoms with E-state index in [1.54, 1.807) is 47.2 Å². The average Bonchev–Trinajstić information content (AvgIpc) is 3.93. The van der Waals surface area contributed by atoms with Crippen molar-refractivity contribution in [1.82, 2.24) is 30.7 Å². The van der Waals surface area contributed by atoms with E-state index in [2.05, 4.69) is 20.9 Å². The van der Waals surface area contributed by atoms with Crippen LogP contribution >= 0.6 is 11.6 Å². The van der Waals surface area contributed by atoms with Crippen LogP contribution in [0.5, 0.6) is 11.5 Å². The number of allylic oxidation sites excluding steroid dienone is 1. The molecule has 4 aromatic rings. The van der Waals surface area contributed by atoms with Gasteiger partial charge in [-0.05, 0) is 114 Å². The number of piperidine rings is 1. The number of fused-ring (bicyclic) bond motifs is 2. The Balaban J connectivity index is 1.18. The molecule has 4 atom stereocenters. The highest BCUT2D eigenvalue weighted by Crippen LogP contribution is 2.38. The molecule has 6 rings (SSSR count). The molecule has 366 valence electrons. The van der Waals surface area contributed by atoms with Crippen LogP contribution in [0.15, 0.2) is 84.4 Å². The van der Waals surface area contributed by atoms with Crippen LogP contribution < -0.4 is 25.4 Å². The Morgan fingerprint density at radius 2 is 1.66 bits per heavy atom. The number of rotatable bonds is 22. The molecule has 3 aromatic carbocycles. The number of hydrogen-bond donors (Lipinski definition) is 4. The Labute approximate surface area is 404 Å². The molecule has 2 fully saturated rings. The van der Waals surface area contributed by atoms with Gasteiger partial charge < -0.3 is 54.5 Å². The van der Waals surface area contributed by atoms with Gasteiger partial charge in [0.05, 0.1) is 31.2 Å². The minimum atomic E-state index is -0.779. The summed E-state index contributed by atoms with van der Waals surface area (Å²) in [6.07, 6.45) is 4.34. The Morgan fingerprint density at radius 1 is 0.912 bits per heavy atom. The summed E-state index contributed by atoms with van der Waals surface area (Å²) in [5.74, 6) is -1.51. The van der Waals surface area contributed by atoms with Crippen molar-refractivity contribution in [3.05, 3.63) is 106 Å². The summed E-state index contributed by atoms with van der Waals surface area (Å²) in [5.41, 5.74) is 2.45. The number of nitrogens with zero attached hydrogens (tertiary/aromatic N) is 2. The molecule has 3 heterocycles. The van der Waals surface area contributed by atoms with E-state index in [9.17, 15) is 24.0 Å². The molecule has 0 spiro atoms. The Bertz CT molecular complexity index is 2410. The molecule has 0 bridgehead atoms. The lowest BCUT2D eigenvalue weighted by Crippen LogP contribution is -2.54. The number of aromatic amines is 1. The quantitative estimate of drug-likeness (QED) is 0.0282. The van der Waals surface area contributed by atoms with Crippen LogP contribution in [0.4, 0.5) is 0 Å². The third kappa shape index (κ3) is 14.1. The van der Waals surface area contributed by atoms with Gasteiger partial charge in [0.15, 0.2) is 11.5 Å². The molecule has 4 N–H and O–H groups in total. The van der Waals surface area contributed by atoms with Crippen molar-refractivity contribution in [3.63, 3.8) is 0 Å². The first-order chi connectivity index (χ1) is 32.5. The summed E-state index contributed by atoms with van der Waals surface area (Å²) in [6, 6.07) is 20.1. The SMILES string of the molecule is COc1cc(C(=O)N2CC3CN(C(=O)Cc4c[nH]c5cc(Cl)ccc45)CC(C(=O)N/C(C(=O)NCCCCCNCC(C=O)OC(C)(C)C)=C(\C)OCc4ccccc4)C3C2)ccc1OC(C)C. The maximum Gasteiger partial charge on any atom is 0.271 e. The van der Waals surface area contributed by atoms with Crippen molar-refractivity contribution in [1.29, 1.82) is 0 Å². The van der Waals surface area contributed by atoms with E-state index in [1.807, 2.05) is 77.1 Å². The van der Waals surface area contributed by atoms with Crippen LogP contribution in [0.3, 0.4) is 0 Å². The fourth-order valence-corrected chi connectivity index (χ4v) is 9.03. The second kappa shape index (κ2) is 23.9. The molecule has 4 amide bonds. The topological polar surface area (TPSA) is 181 Å². The van der Waals surface area contributed by atoms with Crippen molar-refractivity contribution >= 4 is 52.4 Å². The fraction of sp³-hybridized carbons (Fsp3) is 0.481. The summed E-state index contributed by atoms with van der Waals surface area (Å²) in [7, 11) is 1.52. The minimum Gasteiger partial charge on any atom is -0.493 e. The number of aldehydes is 1. The Hall–Kier alpha value is -5.90. The predicted octanol–water partition coefficient (Wildman–Crippen LogP) is 6.83. The fourth-order valence-electron chi connectivity index (χ4n) is 8.85. The van der Waals surface area contributed by atoms with Crippen molar-refractivity contribution in [2.75, 3.05) is 52.9 Å². The van der Waals surface area contributed by atoms with Gasteiger partial charge in [-0.2, -0.15) is 0 Å². The van der Waals surface area contributed by atoms with Crippen LogP contribution in [0, 0.1) is 17.8 Å². The molecule has 0 saturated carbocycles. The van der Waals surface area contributed by atoms with Crippen LogP contribution in [-0.2, 0) is 41.7 Å². The number of carbonyl (C=O) groups excluding carboxylic acids is 5. The molecular formula is C52H67ClN6O9. The number of halogens is 1. The number of methoxy groups -OCH3 is 1. The number of H-pyrrole nitrogens is 1. The highest BCUT2D eigenvalue weighted by Gasteiger charge is 2.48. The molecule has 16 heteroatoms. The van der Waals surface area contributed by atoms with Gasteiger partial charge in [0.1, 0.15) is 30.5 Å². The maximum atomic E-state index is 14.8.